The second-order valence-corrected chi connectivity index (χ2v) is 15.6. The number of allylic oxidation sites excluding steroid dienone is 7. The first kappa shape index (κ1) is 36.4. The third kappa shape index (κ3) is 8.72. The van der Waals surface area contributed by atoms with Crippen LogP contribution in [-0.2, 0) is 27.5 Å². The molecule has 2 aromatic carbocycles. The summed E-state index contributed by atoms with van der Waals surface area (Å²) in [5.74, 6) is -0.0149. The maximum absolute atomic E-state index is 11.4. The van der Waals surface area contributed by atoms with Crippen molar-refractivity contribution >= 4 is 27.2 Å². The molecule has 2 N–H and O–H groups in total. The number of unbranched alkanes of at least 4 members (excludes halogenated alkanes) is 1. The van der Waals surface area contributed by atoms with E-state index in [4.69, 9.17) is 0 Å². The van der Waals surface area contributed by atoms with E-state index in [0.717, 1.165) is 50.3 Å². The number of fused-ring (bicyclic) bond motifs is 2. The van der Waals surface area contributed by atoms with E-state index in [1.54, 1.807) is 0 Å². The first-order valence-electron chi connectivity index (χ1n) is 16.9. The van der Waals surface area contributed by atoms with Crippen molar-refractivity contribution in [2.75, 3.05) is 37.3 Å². The van der Waals surface area contributed by atoms with Crippen molar-refractivity contribution in [1.82, 2.24) is 4.90 Å². The Hall–Kier alpha value is -3.46. The standard InChI is InChI=1S/C39H53N3O4S/c1-8-9-25-41-35-23-22-31(29-40(7)24-15-17-30(2)43)28-33(35)39(5,6)37(41)21-12-10-11-20-36-38(3,4)32-18-13-14-19-34(32)42(36)26-16-27-47(44,45)46/h10-14,18-23,28H,2,8-9,15-17,24-27,29H2,1,3-7H3,(H-,43,44,45,46)/p+1. The zero-order valence-electron chi connectivity index (χ0n) is 29.2. The maximum atomic E-state index is 11.4. The summed E-state index contributed by atoms with van der Waals surface area (Å²) in [7, 11) is -1.89. The Morgan fingerprint density at radius 2 is 1.74 bits per heavy atom. The van der Waals surface area contributed by atoms with Gasteiger partial charge in [-0.15, -0.1) is 0 Å². The van der Waals surface area contributed by atoms with Gasteiger partial charge in [0.1, 0.15) is 6.54 Å². The van der Waals surface area contributed by atoms with Gasteiger partial charge in [-0.3, -0.25) is 4.55 Å². The molecule has 2 aliphatic heterocycles. The molecule has 0 saturated heterocycles. The van der Waals surface area contributed by atoms with Gasteiger partial charge in [0.2, 0.25) is 5.69 Å². The first-order chi connectivity index (χ1) is 22.2. The molecule has 0 unspecified atom stereocenters. The summed E-state index contributed by atoms with van der Waals surface area (Å²) in [6, 6.07) is 15.2. The highest BCUT2D eigenvalue weighted by atomic mass is 32.2. The van der Waals surface area contributed by atoms with Gasteiger partial charge in [0.25, 0.3) is 10.1 Å². The zero-order chi connectivity index (χ0) is 34.4. The second-order valence-electron chi connectivity index (χ2n) is 14.0. The first-order valence-corrected chi connectivity index (χ1v) is 18.5. The van der Waals surface area contributed by atoms with Crippen molar-refractivity contribution < 1.29 is 22.7 Å². The molecule has 0 radical (unpaired) electrons. The van der Waals surface area contributed by atoms with E-state index in [1.165, 1.54) is 28.1 Å². The molecule has 0 amide bonds. The Morgan fingerprint density at radius 3 is 2.45 bits per heavy atom. The molecule has 8 heteroatoms. The van der Waals surface area contributed by atoms with E-state index in [2.05, 4.69) is 123 Å². The van der Waals surface area contributed by atoms with Gasteiger partial charge in [-0.2, -0.15) is 13.0 Å². The van der Waals surface area contributed by atoms with Gasteiger partial charge in [-0.05, 0) is 63.6 Å². The van der Waals surface area contributed by atoms with E-state index in [0.29, 0.717) is 19.4 Å². The van der Waals surface area contributed by atoms with Crippen LogP contribution in [-0.4, -0.2) is 65.7 Å². The number of aliphatic hydroxyl groups excluding tert-OH is 1. The molecule has 0 spiro atoms. The second kappa shape index (κ2) is 15.2. The monoisotopic (exact) mass is 660 g/mol. The Balaban J connectivity index is 1.57. The highest BCUT2D eigenvalue weighted by Gasteiger charge is 2.44. The Morgan fingerprint density at radius 1 is 1.00 bits per heavy atom. The molecule has 0 aromatic heterocycles. The van der Waals surface area contributed by atoms with Gasteiger partial charge in [0.15, 0.2) is 5.71 Å². The summed E-state index contributed by atoms with van der Waals surface area (Å²) in [5.41, 5.74) is 8.18. The van der Waals surface area contributed by atoms with E-state index in [1.807, 2.05) is 12.1 Å². The van der Waals surface area contributed by atoms with Gasteiger partial charge < -0.3 is 14.9 Å². The molecule has 254 valence electrons. The predicted molar refractivity (Wildman–Crippen MR) is 196 cm³/mol. The van der Waals surface area contributed by atoms with Crippen LogP contribution in [0.4, 0.5) is 11.4 Å². The topological polar surface area (TPSA) is 84.1 Å². The van der Waals surface area contributed by atoms with E-state index in [-0.39, 0.29) is 22.3 Å². The van der Waals surface area contributed by atoms with Crippen LogP contribution in [0.15, 0.2) is 90.9 Å². The molecular formula is C39H54N3O4S+. The third-order valence-corrected chi connectivity index (χ3v) is 10.3. The van der Waals surface area contributed by atoms with Crippen LogP contribution in [0.2, 0.25) is 0 Å². The fourth-order valence-electron chi connectivity index (χ4n) is 6.97. The summed E-state index contributed by atoms with van der Waals surface area (Å²) < 4.78 is 34.3. The molecular weight excluding hydrogens is 607 g/mol. The van der Waals surface area contributed by atoms with Crippen LogP contribution < -0.4 is 4.90 Å². The normalized spacial score (nSPS) is 17.9. The average molecular weight is 661 g/mol. The quantitative estimate of drug-likeness (QED) is 0.0817. The lowest BCUT2D eigenvalue weighted by molar-refractivity contribution is -0.437. The number of hydrogen-bond acceptors (Lipinski definition) is 5. The lowest BCUT2D eigenvalue weighted by atomic mass is 9.81. The smallest absolute Gasteiger partial charge is 0.265 e. The number of aliphatic hydroxyl groups is 1. The Kier molecular flexibility index (Phi) is 11.7. The van der Waals surface area contributed by atoms with Crippen molar-refractivity contribution in [3.63, 3.8) is 0 Å². The van der Waals surface area contributed by atoms with Crippen LogP contribution >= 0.6 is 0 Å². The number of benzene rings is 2. The largest absolute Gasteiger partial charge is 0.513 e. The Bertz CT molecular complexity index is 1680. The summed E-state index contributed by atoms with van der Waals surface area (Å²) in [6.45, 7) is 18.1. The molecule has 0 aliphatic carbocycles. The molecule has 4 rings (SSSR count). The van der Waals surface area contributed by atoms with Crippen LogP contribution in [0.5, 0.6) is 0 Å². The van der Waals surface area contributed by atoms with Gasteiger partial charge >= 0.3 is 0 Å². The fraction of sp³-hybridized carbons (Fsp3) is 0.462. The summed E-state index contributed by atoms with van der Waals surface area (Å²) in [4.78, 5) is 4.78. The molecule has 0 saturated carbocycles. The van der Waals surface area contributed by atoms with E-state index in [9.17, 15) is 18.1 Å². The molecule has 0 bridgehead atoms. The molecule has 2 heterocycles. The van der Waals surface area contributed by atoms with Crippen molar-refractivity contribution in [2.45, 2.75) is 84.1 Å². The van der Waals surface area contributed by atoms with E-state index < -0.39 is 10.1 Å². The summed E-state index contributed by atoms with van der Waals surface area (Å²) in [5, 5.41) is 9.43. The van der Waals surface area contributed by atoms with Crippen molar-refractivity contribution in [1.29, 1.82) is 0 Å². The van der Waals surface area contributed by atoms with Gasteiger partial charge in [0.05, 0.1) is 16.9 Å². The molecule has 0 fully saturated rings. The molecule has 2 aliphatic rings. The molecule has 2 aromatic rings. The van der Waals surface area contributed by atoms with Crippen LogP contribution in [0.25, 0.3) is 0 Å². The summed E-state index contributed by atoms with van der Waals surface area (Å²) >= 11 is 0. The van der Waals surface area contributed by atoms with Crippen LogP contribution in [0, 0.1) is 0 Å². The minimum absolute atomic E-state index is 0.159. The zero-order valence-corrected chi connectivity index (χ0v) is 30.0. The van der Waals surface area contributed by atoms with Gasteiger partial charge in [0, 0.05) is 60.4 Å². The number of para-hydroxylation sites is 1. The number of rotatable bonds is 16. The minimum atomic E-state index is -4.01. The Labute approximate surface area is 283 Å². The number of anilines is 1. The number of nitrogens with zero attached hydrogens (tertiary/aromatic N) is 3. The maximum Gasteiger partial charge on any atom is 0.265 e. The lowest BCUT2D eigenvalue weighted by Crippen LogP contribution is -2.28. The van der Waals surface area contributed by atoms with E-state index >= 15 is 0 Å². The van der Waals surface area contributed by atoms with Crippen molar-refractivity contribution in [2.24, 2.45) is 0 Å². The highest BCUT2D eigenvalue weighted by molar-refractivity contribution is 7.85. The van der Waals surface area contributed by atoms with Gasteiger partial charge in [-0.1, -0.05) is 82.3 Å². The van der Waals surface area contributed by atoms with Crippen LogP contribution in [0.1, 0.15) is 83.4 Å². The third-order valence-electron chi connectivity index (χ3n) is 9.46. The molecule has 7 nitrogen and oxygen atoms in total. The predicted octanol–water partition coefficient (Wildman–Crippen LogP) is 8.22. The van der Waals surface area contributed by atoms with Crippen molar-refractivity contribution in [3.05, 3.63) is 108 Å². The highest BCUT2D eigenvalue weighted by Crippen LogP contribution is 2.48. The molecule has 47 heavy (non-hydrogen) atoms. The van der Waals surface area contributed by atoms with Gasteiger partial charge in [-0.25, -0.2) is 0 Å². The number of hydrogen-bond donors (Lipinski definition) is 2. The fourth-order valence-corrected chi connectivity index (χ4v) is 7.46. The summed E-state index contributed by atoms with van der Waals surface area (Å²) in [6.07, 6.45) is 14.7. The molecule has 0 atom stereocenters. The van der Waals surface area contributed by atoms with Crippen LogP contribution in [0.3, 0.4) is 0 Å². The van der Waals surface area contributed by atoms with Crippen molar-refractivity contribution in [3.8, 4) is 0 Å². The minimum Gasteiger partial charge on any atom is -0.513 e. The average Bonchev–Trinajstić information content (AvgIpc) is 3.33. The SMILES string of the molecule is C=C(O)CCCN(C)Cc1ccc2c(c1)C(C)(C)C(=CC=CC=CC1=[N+](CCCS(=O)(=O)O)c3ccccc3C1(C)C)N2CCCC. The lowest BCUT2D eigenvalue weighted by Gasteiger charge is -2.27.